The van der Waals surface area contributed by atoms with Gasteiger partial charge in [0.1, 0.15) is 10.8 Å². The molecule has 0 spiro atoms. The van der Waals surface area contributed by atoms with Gasteiger partial charge >= 0.3 is 0 Å². The minimum absolute atomic E-state index is 0.380. The van der Waals surface area contributed by atoms with Crippen LogP contribution in [0.3, 0.4) is 0 Å². The van der Waals surface area contributed by atoms with Gasteiger partial charge in [-0.3, -0.25) is 4.79 Å². The van der Waals surface area contributed by atoms with Crippen LogP contribution in [-0.2, 0) is 11.2 Å². The largest absolute Gasteiger partial charge is 0.299 e. The van der Waals surface area contributed by atoms with Gasteiger partial charge in [-0.2, -0.15) is 0 Å². The first-order valence-corrected chi connectivity index (χ1v) is 7.41. The Morgan fingerprint density at radius 2 is 2.00 bits per heavy atom. The summed E-state index contributed by atoms with van der Waals surface area (Å²) in [7, 11) is 0. The highest BCUT2D eigenvalue weighted by atomic mass is 32.1. The minimum atomic E-state index is 0.380. The van der Waals surface area contributed by atoms with Crippen molar-refractivity contribution in [3.8, 4) is 0 Å². The lowest BCUT2D eigenvalue weighted by Crippen LogP contribution is -2.13. The molecule has 94 valence electrons. The number of Topliss-reactive ketones (excluding diaryl/α,β-unsaturated/α-hetero) is 1. The fourth-order valence-corrected chi connectivity index (χ4v) is 3.53. The second-order valence-corrected chi connectivity index (χ2v) is 6.46. The van der Waals surface area contributed by atoms with E-state index in [4.69, 9.17) is 0 Å². The van der Waals surface area contributed by atoms with Gasteiger partial charge in [0.15, 0.2) is 0 Å². The van der Waals surface area contributed by atoms with E-state index in [2.05, 4.69) is 11.9 Å². The molecule has 1 fully saturated rings. The van der Waals surface area contributed by atoms with E-state index in [9.17, 15) is 4.79 Å². The average molecular weight is 251 g/mol. The number of carbonyl (C=O) groups excluding carboxylic acids is 1. The van der Waals surface area contributed by atoms with Crippen LogP contribution in [0.4, 0.5) is 0 Å². The molecule has 0 unspecified atom stereocenters. The quantitative estimate of drug-likeness (QED) is 0.813. The van der Waals surface area contributed by atoms with E-state index < -0.39 is 0 Å². The number of aromatic nitrogens is 1. The zero-order chi connectivity index (χ0) is 12.3. The summed E-state index contributed by atoms with van der Waals surface area (Å²) in [5, 5.41) is 1.00. The Hall–Kier alpha value is -0.700. The molecule has 1 heterocycles. The van der Waals surface area contributed by atoms with E-state index in [0.717, 1.165) is 17.1 Å². The standard InChI is InChI=1S/C14H21NOS/c1-10-11(2)17-14(15-10)9-13(16)8-12-6-4-3-5-7-12/h12H,3-9H2,1-2H3. The molecule has 0 atom stereocenters. The normalized spacial score (nSPS) is 17.3. The van der Waals surface area contributed by atoms with Crippen molar-refractivity contribution in [1.82, 2.24) is 4.98 Å². The van der Waals surface area contributed by atoms with Gasteiger partial charge in [-0.05, 0) is 19.8 Å². The second-order valence-electron chi connectivity index (χ2n) is 5.17. The van der Waals surface area contributed by atoms with Crippen LogP contribution in [0.5, 0.6) is 0 Å². The van der Waals surface area contributed by atoms with Crippen LogP contribution in [0, 0.1) is 19.8 Å². The van der Waals surface area contributed by atoms with Gasteiger partial charge in [0.25, 0.3) is 0 Å². The molecule has 1 aromatic heterocycles. The highest BCUT2D eigenvalue weighted by Crippen LogP contribution is 2.27. The van der Waals surface area contributed by atoms with E-state index in [1.165, 1.54) is 37.0 Å². The van der Waals surface area contributed by atoms with E-state index in [1.807, 2.05) is 6.92 Å². The van der Waals surface area contributed by atoms with Gasteiger partial charge in [-0.25, -0.2) is 4.98 Å². The van der Waals surface area contributed by atoms with Crippen molar-refractivity contribution in [3.63, 3.8) is 0 Å². The number of aryl methyl sites for hydroxylation is 2. The highest BCUT2D eigenvalue weighted by Gasteiger charge is 2.18. The summed E-state index contributed by atoms with van der Waals surface area (Å²) in [6, 6.07) is 0. The molecule has 1 aliphatic carbocycles. The lowest BCUT2D eigenvalue weighted by atomic mass is 9.85. The molecular formula is C14H21NOS. The molecule has 0 amide bonds. The van der Waals surface area contributed by atoms with Crippen LogP contribution in [0.1, 0.15) is 54.1 Å². The lowest BCUT2D eigenvalue weighted by Gasteiger charge is -2.20. The molecule has 2 nitrogen and oxygen atoms in total. The van der Waals surface area contributed by atoms with E-state index in [0.29, 0.717) is 18.1 Å². The molecule has 0 saturated heterocycles. The van der Waals surface area contributed by atoms with Crippen molar-refractivity contribution >= 4 is 17.1 Å². The third kappa shape index (κ3) is 3.63. The third-order valence-corrected chi connectivity index (χ3v) is 4.74. The highest BCUT2D eigenvalue weighted by molar-refractivity contribution is 7.11. The summed E-state index contributed by atoms with van der Waals surface area (Å²) in [6.07, 6.45) is 7.81. The summed E-state index contributed by atoms with van der Waals surface area (Å²) in [6.45, 7) is 4.09. The molecule has 1 aromatic rings. The molecule has 0 bridgehead atoms. The van der Waals surface area contributed by atoms with Crippen molar-refractivity contribution in [2.45, 2.75) is 58.8 Å². The van der Waals surface area contributed by atoms with Crippen molar-refractivity contribution in [3.05, 3.63) is 15.6 Å². The maximum atomic E-state index is 12.0. The van der Waals surface area contributed by atoms with Crippen molar-refractivity contribution in [2.75, 3.05) is 0 Å². The number of nitrogens with zero attached hydrogens (tertiary/aromatic N) is 1. The third-order valence-electron chi connectivity index (χ3n) is 3.66. The van der Waals surface area contributed by atoms with E-state index >= 15 is 0 Å². The second kappa shape index (κ2) is 5.76. The fourth-order valence-electron chi connectivity index (χ4n) is 2.57. The lowest BCUT2D eigenvalue weighted by molar-refractivity contribution is -0.119. The summed E-state index contributed by atoms with van der Waals surface area (Å²) < 4.78 is 0. The van der Waals surface area contributed by atoms with Crippen molar-refractivity contribution < 1.29 is 4.79 Å². The van der Waals surface area contributed by atoms with Crippen LogP contribution in [0.25, 0.3) is 0 Å². The Labute approximate surface area is 107 Å². The number of thiazole rings is 1. The minimum Gasteiger partial charge on any atom is -0.299 e. The SMILES string of the molecule is Cc1nc(CC(=O)CC2CCCCC2)sc1C. The summed E-state index contributed by atoms with van der Waals surface area (Å²) in [4.78, 5) is 17.7. The maximum Gasteiger partial charge on any atom is 0.139 e. The molecule has 0 aliphatic heterocycles. The monoisotopic (exact) mass is 251 g/mol. The Kier molecular flexibility index (Phi) is 4.32. The predicted molar refractivity (Wildman–Crippen MR) is 71.5 cm³/mol. The smallest absolute Gasteiger partial charge is 0.139 e. The molecule has 0 radical (unpaired) electrons. The fraction of sp³-hybridized carbons (Fsp3) is 0.714. The molecule has 1 aliphatic rings. The molecule has 17 heavy (non-hydrogen) atoms. The molecule has 0 aromatic carbocycles. The Morgan fingerprint density at radius 3 is 2.59 bits per heavy atom. The predicted octanol–water partition coefficient (Wildman–Crippen LogP) is 3.84. The van der Waals surface area contributed by atoms with Crippen molar-refractivity contribution in [2.24, 2.45) is 5.92 Å². The molecule has 1 saturated carbocycles. The number of hydrogen-bond acceptors (Lipinski definition) is 3. The van der Waals surface area contributed by atoms with Gasteiger partial charge in [0.2, 0.25) is 0 Å². The number of rotatable bonds is 4. The van der Waals surface area contributed by atoms with Gasteiger partial charge in [0.05, 0.1) is 12.1 Å². The molecule has 3 heteroatoms. The first kappa shape index (κ1) is 12.7. The Bertz CT molecular complexity index is 371. The first-order chi connectivity index (χ1) is 8.15. The van der Waals surface area contributed by atoms with Crippen LogP contribution in [0.15, 0.2) is 0 Å². The summed E-state index contributed by atoms with van der Waals surface area (Å²) >= 11 is 1.67. The van der Waals surface area contributed by atoms with Gasteiger partial charge in [0, 0.05) is 11.3 Å². The van der Waals surface area contributed by atoms with Gasteiger partial charge < -0.3 is 0 Å². The maximum absolute atomic E-state index is 12.0. The zero-order valence-electron chi connectivity index (χ0n) is 10.8. The van der Waals surface area contributed by atoms with E-state index in [-0.39, 0.29) is 0 Å². The van der Waals surface area contributed by atoms with E-state index in [1.54, 1.807) is 11.3 Å². The van der Waals surface area contributed by atoms with Crippen molar-refractivity contribution in [1.29, 1.82) is 0 Å². The summed E-state index contributed by atoms with van der Waals surface area (Å²) in [5.41, 5.74) is 1.08. The summed E-state index contributed by atoms with van der Waals surface area (Å²) in [5.74, 6) is 1.03. The first-order valence-electron chi connectivity index (χ1n) is 6.59. The number of ketones is 1. The number of carbonyl (C=O) groups is 1. The Balaban J connectivity index is 1.84. The van der Waals surface area contributed by atoms with Crippen LogP contribution >= 0.6 is 11.3 Å². The van der Waals surface area contributed by atoms with Crippen LogP contribution in [0.2, 0.25) is 0 Å². The molecular weight excluding hydrogens is 230 g/mol. The molecule has 2 rings (SSSR count). The van der Waals surface area contributed by atoms with Crippen LogP contribution in [-0.4, -0.2) is 10.8 Å². The Morgan fingerprint density at radius 1 is 1.29 bits per heavy atom. The van der Waals surface area contributed by atoms with Crippen LogP contribution < -0.4 is 0 Å². The topological polar surface area (TPSA) is 30.0 Å². The van der Waals surface area contributed by atoms with Gasteiger partial charge in [-0.1, -0.05) is 32.1 Å². The average Bonchev–Trinajstić information content (AvgIpc) is 2.59. The van der Waals surface area contributed by atoms with Gasteiger partial charge in [-0.15, -0.1) is 11.3 Å². The molecule has 0 N–H and O–H groups in total. The number of hydrogen-bond donors (Lipinski definition) is 0. The zero-order valence-corrected chi connectivity index (χ0v) is 11.6.